The number of H-pyrrole nitrogens is 1. The summed E-state index contributed by atoms with van der Waals surface area (Å²) in [6.45, 7) is 5.12. The van der Waals surface area contributed by atoms with Gasteiger partial charge in [0.1, 0.15) is 11.3 Å². The summed E-state index contributed by atoms with van der Waals surface area (Å²) < 4.78 is 29.2. The van der Waals surface area contributed by atoms with Crippen molar-refractivity contribution in [2.75, 3.05) is 13.1 Å². The number of imidazole rings is 1. The van der Waals surface area contributed by atoms with Crippen molar-refractivity contribution < 1.29 is 13.2 Å². The highest BCUT2D eigenvalue weighted by atomic mass is 32.2. The number of carbonyl (C=O) groups excluding carboxylic acids is 1. The summed E-state index contributed by atoms with van der Waals surface area (Å²) in [7, 11) is -3.72. The lowest BCUT2D eigenvalue weighted by Gasteiger charge is -2.33. The number of fused-ring (bicyclic) bond motifs is 1. The second-order valence-corrected chi connectivity index (χ2v) is 12.1. The van der Waals surface area contributed by atoms with Crippen LogP contribution in [0.3, 0.4) is 0 Å². The molecule has 1 aromatic carbocycles. The topological polar surface area (TPSA) is 134 Å². The molecule has 9 nitrogen and oxygen atoms in total. The largest absolute Gasteiger partial charge is 0.399 e. The SMILES string of the molecule is Cc1nc2c(C)ncc(C3CCN(C(=O)CC(NS(=O)(=O)C4C=CC(N)=CC4)c4ccccc4)CC3)c2[nH]1. The molecule has 5 rings (SSSR count). The van der Waals surface area contributed by atoms with Crippen molar-refractivity contribution in [3.63, 3.8) is 0 Å². The molecule has 200 valence electrons. The fraction of sp³-hybridized carbons (Fsp3) is 0.393. The lowest BCUT2D eigenvalue weighted by molar-refractivity contribution is -0.132. The molecule has 2 atom stereocenters. The minimum absolute atomic E-state index is 0.0540. The van der Waals surface area contributed by atoms with E-state index in [0.717, 1.165) is 46.5 Å². The average molecular weight is 535 g/mol. The Morgan fingerprint density at radius 1 is 1.21 bits per heavy atom. The van der Waals surface area contributed by atoms with Crippen molar-refractivity contribution in [3.8, 4) is 0 Å². The molecule has 0 bridgehead atoms. The van der Waals surface area contributed by atoms with E-state index >= 15 is 0 Å². The van der Waals surface area contributed by atoms with Crippen molar-refractivity contribution in [2.45, 2.75) is 56.7 Å². The molecule has 3 aromatic rings. The molecular formula is C28H34N6O3S. The van der Waals surface area contributed by atoms with Crippen LogP contribution < -0.4 is 10.5 Å². The van der Waals surface area contributed by atoms with Crippen LogP contribution in [0.15, 0.2) is 60.5 Å². The summed E-state index contributed by atoms with van der Waals surface area (Å²) in [5.74, 6) is 1.08. The average Bonchev–Trinajstić information content (AvgIpc) is 3.31. The molecule has 0 spiro atoms. The molecule has 0 radical (unpaired) electrons. The van der Waals surface area contributed by atoms with Crippen LogP contribution in [-0.4, -0.2) is 52.5 Å². The van der Waals surface area contributed by atoms with Gasteiger partial charge in [0.25, 0.3) is 0 Å². The fourth-order valence-electron chi connectivity index (χ4n) is 5.35. The molecule has 38 heavy (non-hydrogen) atoms. The van der Waals surface area contributed by atoms with E-state index < -0.39 is 21.3 Å². The summed E-state index contributed by atoms with van der Waals surface area (Å²) in [5, 5.41) is -0.724. The molecule has 2 unspecified atom stereocenters. The zero-order valence-corrected chi connectivity index (χ0v) is 22.5. The van der Waals surface area contributed by atoms with Crippen LogP contribution in [-0.2, 0) is 14.8 Å². The predicted octanol–water partition coefficient (Wildman–Crippen LogP) is 3.50. The highest BCUT2D eigenvalue weighted by Gasteiger charge is 2.31. The van der Waals surface area contributed by atoms with Crippen LogP contribution in [0.4, 0.5) is 0 Å². The molecule has 2 aliphatic rings. The maximum absolute atomic E-state index is 13.4. The third-order valence-corrected chi connectivity index (χ3v) is 9.27. The number of amides is 1. The van der Waals surface area contributed by atoms with E-state index in [1.165, 1.54) is 0 Å². The summed E-state index contributed by atoms with van der Waals surface area (Å²) in [6, 6.07) is 8.62. The Balaban J connectivity index is 1.27. The van der Waals surface area contributed by atoms with Crippen LogP contribution >= 0.6 is 0 Å². The summed E-state index contributed by atoms with van der Waals surface area (Å²) in [6.07, 6.45) is 8.83. The van der Waals surface area contributed by atoms with Gasteiger partial charge in [0, 0.05) is 31.4 Å². The number of hydrogen-bond donors (Lipinski definition) is 3. The summed E-state index contributed by atoms with van der Waals surface area (Å²) >= 11 is 0. The molecule has 1 fully saturated rings. The number of aryl methyl sites for hydroxylation is 2. The first-order valence-electron chi connectivity index (χ1n) is 13.0. The van der Waals surface area contributed by atoms with Gasteiger partial charge in [-0.15, -0.1) is 0 Å². The van der Waals surface area contributed by atoms with Gasteiger partial charge >= 0.3 is 0 Å². The van der Waals surface area contributed by atoms with E-state index in [9.17, 15) is 13.2 Å². The first-order valence-corrected chi connectivity index (χ1v) is 14.6. The number of sulfonamides is 1. The minimum atomic E-state index is -3.72. The van der Waals surface area contributed by atoms with E-state index in [4.69, 9.17) is 5.73 Å². The van der Waals surface area contributed by atoms with Gasteiger partial charge in [-0.2, -0.15) is 0 Å². The van der Waals surface area contributed by atoms with Crippen LogP contribution in [0, 0.1) is 13.8 Å². The number of rotatable bonds is 7. The van der Waals surface area contributed by atoms with Crippen LogP contribution in [0.2, 0.25) is 0 Å². The predicted molar refractivity (Wildman–Crippen MR) is 148 cm³/mol. The molecule has 10 heteroatoms. The molecular weight excluding hydrogens is 500 g/mol. The van der Waals surface area contributed by atoms with Crippen LogP contribution in [0.25, 0.3) is 11.0 Å². The number of nitrogens with two attached hydrogens (primary N) is 1. The monoisotopic (exact) mass is 534 g/mol. The Labute approximate surface area is 223 Å². The Hall–Kier alpha value is -3.50. The molecule has 1 aliphatic carbocycles. The Bertz CT molecular complexity index is 1490. The zero-order chi connectivity index (χ0) is 26.9. The Morgan fingerprint density at radius 2 is 1.95 bits per heavy atom. The third kappa shape index (κ3) is 5.51. The number of carbonyl (C=O) groups is 1. The van der Waals surface area contributed by atoms with E-state index in [-0.39, 0.29) is 18.2 Å². The van der Waals surface area contributed by atoms with Crippen LogP contribution in [0.1, 0.15) is 60.3 Å². The first kappa shape index (κ1) is 26.1. The van der Waals surface area contributed by atoms with Gasteiger partial charge < -0.3 is 15.6 Å². The standard InChI is InChI=1S/C28H34N6O3S/c1-18-27-28(32-19(2)31-27)24(17-30-18)20-12-14-34(15-13-20)26(35)16-25(21-6-4-3-5-7-21)33-38(36,37)23-10-8-22(29)9-11-23/h3-10,17,20,23,25,33H,11-16,29H2,1-2H3,(H,31,32). The number of benzene rings is 1. The van der Waals surface area contributed by atoms with Gasteiger partial charge in [-0.05, 0) is 56.2 Å². The van der Waals surface area contributed by atoms with E-state index in [1.54, 1.807) is 18.2 Å². The van der Waals surface area contributed by atoms with Gasteiger partial charge in [-0.25, -0.2) is 18.1 Å². The van der Waals surface area contributed by atoms with Crippen molar-refractivity contribution in [1.29, 1.82) is 0 Å². The highest BCUT2D eigenvalue weighted by molar-refractivity contribution is 7.90. The zero-order valence-electron chi connectivity index (χ0n) is 21.7. The Kier molecular flexibility index (Phi) is 7.36. The van der Waals surface area contributed by atoms with Gasteiger partial charge in [-0.3, -0.25) is 9.78 Å². The van der Waals surface area contributed by atoms with E-state index in [1.807, 2.05) is 55.3 Å². The minimum Gasteiger partial charge on any atom is -0.399 e. The van der Waals surface area contributed by atoms with Gasteiger partial charge in [0.15, 0.2) is 0 Å². The number of aromatic nitrogens is 3. The number of nitrogens with zero attached hydrogens (tertiary/aromatic N) is 3. The number of piperidine rings is 1. The molecule has 2 aromatic heterocycles. The van der Waals surface area contributed by atoms with Crippen molar-refractivity contribution in [3.05, 3.63) is 83.1 Å². The normalized spacial score (nSPS) is 19.5. The highest BCUT2D eigenvalue weighted by Crippen LogP contribution is 2.33. The van der Waals surface area contributed by atoms with Crippen molar-refractivity contribution in [1.82, 2.24) is 24.6 Å². The Morgan fingerprint density at radius 3 is 2.63 bits per heavy atom. The van der Waals surface area contributed by atoms with Gasteiger partial charge in [0.2, 0.25) is 15.9 Å². The second kappa shape index (κ2) is 10.7. The number of pyridine rings is 1. The molecule has 1 amide bonds. The summed E-state index contributed by atoms with van der Waals surface area (Å²) in [4.78, 5) is 27.8. The number of nitrogens with one attached hydrogen (secondary N) is 2. The lowest BCUT2D eigenvalue weighted by atomic mass is 9.89. The smallest absolute Gasteiger partial charge is 0.224 e. The lowest BCUT2D eigenvalue weighted by Crippen LogP contribution is -2.42. The third-order valence-electron chi connectivity index (χ3n) is 7.51. The van der Waals surface area contributed by atoms with Crippen LogP contribution in [0.5, 0.6) is 0 Å². The van der Waals surface area contributed by atoms with E-state index in [0.29, 0.717) is 25.2 Å². The molecule has 1 saturated heterocycles. The molecule has 4 N–H and O–H groups in total. The maximum Gasteiger partial charge on any atom is 0.224 e. The molecule has 1 aliphatic heterocycles. The second-order valence-electron chi connectivity index (χ2n) is 10.2. The van der Waals surface area contributed by atoms with E-state index in [2.05, 4.69) is 19.7 Å². The number of likely N-dealkylation sites (tertiary alicyclic amines) is 1. The summed E-state index contributed by atoms with van der Waals surface area (Å²) in [5.41, 5.74) is 11.1. The number of allylic oxidation sites excluding steroid dienone is 2. The van der Waals surface area contributed by atoms with Gasteiger partial charge in [-0.1, -0.05) is 42.5 Å². The number of aromatic amines is 1. The fourth-order valence-corrected chi connectivity index (χ4v) is 6.78. The van der Waals surface area contributed by atoms with Gasteiger partial charge in [0.05, 0.1) is 22.5 Å². The quantitative estimate of drug-likeness (QED) is 0.425. The molecule has 3 heterocycles. The number of hydrogen-bond acceptors (Lipinski definition) is 6. The van der Waals surface area contributed by atoms with Crippen molar-refractivity contribution >= 4 is 27.0 Å². The molecule has 0 saturated carbocycles. The van der Waals surface area contributed by atoms with Crippen molar-refractivity contribution in [2.24, 2.45) is 5.73 Å². The first-order chi connectivity index (χ1) is 18.2. The maximum atomic E-state index is 13.4.